The summed E-state index contributed by atoms with van der Waals surface area (Å²) in [5.74, 6) is 0. The molecule has 1 atom stereocenters. The van der Waals surface area contributed by atoms with E-state index in [1.54, 1.807) is 11.3 Å². The maximum Gasteiger partial charge on any atom is 0.317 e. The summed E-state index contributed by atoms with van der Waals surface area (Å²) in [6.07, 6.45) is 1.85. The van der Waals surface area contributed by atoms with Crippen LogP contribution in [0.3, 0.4) is 0 Å². The fraction of sp³-hybridized carbons (Fsp3) is 0.714. The van der Waals surface area contributed by atoms with Crippen molar-refractivity contribution < 1.29 is 9.53 Å². The number of ether oxygens (including phenoxy) is 1. The molecule has 0 aromatic carbocycles. The van der Waals surface area contributed by atoms with Crippen LogP contribution in [0.15, 0.2) is 5.38 Å². The number of carbonyl (C=O) groups is 1. The number of urea groups is 1. The average molecular weight is 297 g/mol. The lowest BCUT2D eigenvalue weighted by Crippen LogP contribution is -2.54. The van der Waals surface area contributed by atoms with Gasteiger partial charge < -0.3 is 15.0 Å². The fourth-order valence-electron chi connectivity index (χ4n) is 2.19. The first-order valence-electron chi connectivity index (χ1n) is 7.16. The summed E-state index contributed by atoms with van der Waals surface area (Å²) < 4.78 is 5.74. The lowest BCUT2D eigenvalue weighted by atomic mass is 10.0. The van der Waals surface area contributed by atoms with E-state index in [-0.39, 0.29) is 11.6 Å². The number of amides is 2. The van der Waals surface area contributed by atoms with Gasteiger partial charge in [-0.2, -0.15) is 0 Å². The summed E-state index contributed by atoms with van der Waals surface area (Å²) in [6, 6.07) is -0.0287. The van der Waals surface area contributed by atoms with Crippen molar-refractivity contribution in [2.45, 2.75) is 45.8 Å². The Labute approximate surface area is 124 Å². The smallest absolute Gasteiger partial charge is 0.317 e. The summed E-state index contributed by atoms with van der Waals surface area (Å²) in [7, 11) is 0. The molecule has 1 aliphatic heterocycles. The molecule has 2 heterocycles. The first-order valence-corrected chi connectivity index (χ1v) is 8.04. The Kier molecular flexibility index (Phi) is 4.99. The molecule has 2 amide bonds. The molecule has 6 heteroatoms. The van der Waals surface area contributed by atoms with Gasteiger partial charge in [0, 0.05) is 11.9 Å². The molecule has 0 radical (unpaired) electrons. The van der Waals surface area contributed by atoms with Crippen molar-refractivity contribution in [1.82, 2.24) is 15.2 Å². The van der Waals surface area contributed by atoms with E-state index in [2.05, 4.69) is 31.1 Å². The van der Waals surface area contributed by atoms with Crippen LogP contribution < -0.4 is 5.32 Å². The topological polar surface area (TPSA) is 54.5 Å². The molecule has 0 aliphatic carbocycles. The van der Waals surface area contributed by atoms with Gasteiger partial charge in [0.25, 0.3) is 0 Å². The number of aryl methyl sites for hydroxylation is 1. The van der Waals surface area contributed by atoms with Gasteiger partial charge in [-0.3, -0.25) is 0 Å². The predicted octanol–water partition coefficient (Wildman–Crippen LogP) is 2.42. The molecule has 1 aliphatic rings. The van der Waals surface area contributed by atoms with E-state index in [0.29, 0.717) is 26.2 Å². The predicted molar refractivity (Wildman–Crippen MR) is 79.9 cm³/mol. The number of hydrogen-bond acceptors (Lipinski definition) is 4. The number of morpholine rings is 1. The zero-order chi connectivity index (χ0) is 14.6. The Balaban J connectivity index is 1.85. The van der Waals surface area contributed by atoms with Crippen LogP contribution in [0.2, 0.25) is 0 Å². The van der Waals surface area contributed by atoms with Gasteiger partial charge in [0.1, 0.15) is 0 Å². The highest BCUT2D eigenvalue weighted by Gasteiger charge is 2.32. The molecule has 5 nitrogen and oxygen atoms in total. The van der Waals surface area contributed by atoms with Gasteiger partial charge in [-0.15, -0.1) is 11.3 Å². The Bertz CT molecular complexity index is 463. The second kappa shape index (κ2) is 6.54. The van der Waals surface area contributed by atoms with E-state index >= 15 is 0 Å². The van der Waals surface area contributed by atoms with Gasteiger partial charge in [0.05, 0.1) is 36.0 Å². The third-order valence-corrected chi connectivity index (χ3v) is 4.74. The zero-order valence-electron chi connectivity index (χ0n) is 12.4. The van der Waals surface area contributed by atoms with Crippen molar-refractivity contribution in [3.05, 3.63) is 16.1 Å². The summed E-state index contributed by atoms with van der Waals surface area (Å²) in [6.45, 7) is 8.62. The van der Waals surface area contributed by atoms with Crippen molar-refractivity contribution in [2.75, 3.05) is 19.7 Å². The monoisotopic (exact) mass is 297 g/mol. The van der Waals surface area contributed by atoms with Gasteiger partial charge in [-0.05, 0) is 19.8 Å². The molecule has 1 unspecified atom stereocenters. The van der Waals surface area contributed by atoms with Crippen LogP contribution in [0.5, 0.6) is 0 Å². The molecule has 0 bridgehead atoms. The van der Waals surface area contributed by atoms with E-state index < -0.39 is 0 Å². The van der Waals surface area contributed by atoms with Crippen LogP contribution in [0.1, 0.15) is 37.9 Å². The molecule has 0 saturated carbocycles. The van der Waals surface area contributed by atoms with Gasteiger partial charge in [-0.1, -0.05) is 13.8 Å². The lowest BCUT2D eigenvalue weighted by molar-refractivity contribution is -0.0872. The number of aromatic nitrogens is 1. The minimum absolute atomic E-state index is 0.0287. The molecule has 0 spiro atoms. The first kappa shape index (κ1) is 15.3. The standard InChI is InChI=1S/C14H23N3O2S/c1-4-12-16-11(9-20-12)8-15-13(18)17-6-7-19-14(3,5-2)10-17/h9H,4-8,10H2,1-3H3,(H,15,18). The van der Waals surface area contributed by atoms with Gasteiger partial charge in [-0.25, -0.2) is 9.78 Å². The number of nitrogens with one attached hydrogen (secondary N) is 1. The molecule has 1 N–H and O–H groups in total. The van der Waals surface area contributed by atoms with E-state index in [4.69, 9.17) is 4.74 Å². The molecule has 1 saturated heterocycles. The van der Waals surface area contributed by atoms with E-state index in [9.17, 15) is 4.79 Å². The molecule has 2 rings (SSSR count). The molecular weight excluding hydrogens is 274 g/mol. The second-order valence-electron chi connectivity index (χ2n) is 5.32. The van der Waals surface area contributed by atoms with Crippen molar-refractivity contribution in [3.63, 3.8) is 0 Å². The highest BCUT2D eigenvalue weighted by molar-refractivity contribution is 7.09. The molecular formula is C14H23N3O2S. The van der Waals surface area contributed by atoms with Crippen LogP contribution in [-0.2, 0) is 17.7 Å². The van der Waals surface area contributed by atoms with E-state index in [1.807, 2.05) is 10.3 Å². The van der Waals surface area contributed by atoms with Crippen LogP contribution in [0.4, 0.5) is 4.79 Å². The van der Waals surface area contributed by atoms with Crippen molar-refractivity contribution >= 4 is 17.4 Å². The number of carbonyl (C=O) groups excluding carboxylic acids is 1. The van der Waals surface area contributed by atoms with E-state index in [1.165, 1.54) is 0 Å². The van der Waals surface area contributed by atoms with E-state index in [0.717, 1.165) is 23.5 Å². The summed E-state index contributed by atoms with van der Waals surface area (Å²) in [4.78, 5) is 18.5. The number of nitrogens with zero attached hydrogens (tertiary/aromatic N) is 2. The third-order valence-electron chi connectivity index (χ3n) is 3.69. The van der Waals surface area contributed by atoms with Gasteiger partial charge >= 0.3 is 6.03 Å². The van der Waals surface area contributed by atoms with Crippen LogP contribution >= 0.6 is 11.3 Å². The fourth-order valence-corrected chi connectivity index (χ4v) is 2.93. The highest BCUT2D eigenvalue weighted by Crippen LogP contribution is 2.21. The average Bonchev–Trinajstić information content (AvgIpc) is 2.93. The Morgan fingerprint density at radius 3 is 3.05 bits per heavy atom. The van der Waals surface area contributed by atoms with Crippen LogP contribution in [0, 0.1) is 0 Å². The molecule has 20 heavy (non-hydrogen) atoms. The minimum Gasteiger partial charge on any atom is -0.372 e. The number of rotatable bonds is 4. The normalized spacial score (nSPS) is 22.9. The van der Waals surface area contributed by atoms with Crippen LogP contribution in [-0.4, -0.2) is 41.2 Å². The highest BCUT2D eigenvalue weighted by atomic mass is 32.1. The molecule has 1 aromatic rings. The zero-order valence-corrected chi connectivity index (χ0v) is 13.3. The Morgan fingerprint density at radius 2 is 2.40 bits per heavy atom. The van der Waals surface area contributed by atoms with Crippen molar-refractivity contribution in [3.8, 4) is 0 Å². The maximum atomic E-state index is 12.2. The summed E-state index contributed by atoms with van der Waals surface area (Å²) >= 11 is 1.64. The maximum absolute atomic E-state index is 12.2. The third kappa shape index (κ3) is 3.70. The molecule has 1 fully saturated rings. The molecule has 1 aromatic heterocycles. The Hall–Kier alpha value is -1.14. The van der Waals surface area contributed by atoms with Gasteiger partial charge in [0.2, 0.25) is 0 Å². The van der Waals surface area contributed by atoms with Gasteiger partial charge in [0.15, 0.2) is 0 Å². The number of hydrogen-bond donors (Lipinski definition) is 1. The second-order valence-corrected chi connectivity index (χ2v) is 6.26. The lowest BCUT2D eigenvalue weighted by Gasteiger charge is -2.39. The summed E-state index contributed by atoms with van der Waals surface area (Å²) in [5, 5.41) is 6.06. The van der Waals surface area contributed by atoms with Crippen molar-refractivity contribution in [1.29, 1.82) is 0 Å². The Morgan fingerprint density at radius 1 is 1.60 bits per heavy atom. The van der Waals surface area contributed by atoms with Crippen molar-refractivity contribution in [2.24, 2.45) is 0 Å². The molecule has 112 valence electrons. The minimum atomic E-state index is -0.217. The van der Waals surface area contributed by atoms with Crippen LogP contribution in [0.25, 0.3) is 0 Å². The SMILES string of the molecule is CCc1nc(CNC(=O)N2CCOC(C)(CC)C2)cs1. The first-order chi connectivity index (χ1) is 9.56. The largest absolute Gasteiger partial charge is 0.372 e. The summed E-state index contributed by atoms with van der Waals surface area (Å²) in [5.41, 5.74) is 0.720. The quantitative estimate of drug-likeness (QED) is 0.928. The number of thiazole rings is 1.